The van der Waals surface area contributed by atoms with Crippen molar-refractivity contribution in [2.24, 2.45) is 0 Å². The maximum absolute atomic E-state index is 13.7. The number of pyridine rings is 1. The summed E-state index contributed by atoms with van der Waals surface area (Å²) in [7, 11) is 0. The molecule has 34 heavy (non-hydrogen) atoms. The van der Waals surface area contributed by atoms with Gasteiger partial charge in [0.05, 0.1) is 22.8 Å². The Morgan fingerprint density at radius 2 is 1.76 bits per heavy atom. The van der Waals surface area contributed by atoms with Crippen LogP contribution in [0.1, 0.15) is 53.3 Å². The molecule has 1 aliphatic rings. The summed E-state index contributed by atoms with van der Waals surface area (Å²) in [4.78, 5) is 32.9. The van der Waals surface area contributed by atoms with Crippen molar-refractivity contribution in [2.45, 2.75) is 44.1 Å². The SMILES string of the molecule is CC(C)(C)c1ccc(C2SCC(C(=O)NCc3ccccn3)N2C(=O)c2ccccc2Cl)cc1. The first kappa shape index (κ1) is 24.3. The van der Waals surface area contributed by atoms with Crippen LogP contribution in [0.4, 0.5) is 0 Å². The number of hydrogen-bond acceptors (Lipinski definition) is 4. The largest absolute Gasteiger partial charge is 0.349 e. The number of carbonyl (C=O) groups is 2. The second-order valence-electron chi connectivity index (χ2n) is 9.30. The Morgan fingerprint density at radius 3 is 2.41 bits per heavy atom. The first-order valence-corrected chi connectivity index (χ1v) is 12.7. The highest BCUT2D eigenvalue weighted by molar-refractivity contribution is 7.99. The molecular formula is C27H28ClN3O2S. The molecule has 0 radical (unpaired) electrons. The van der Waals surface area contributed by atoms with Crippen LogP contribution >= 0.6 is 23.4 Å². The summed E-state index contributed by atoms with van der Waals surface area (Å²) in [5.41, 5.74) is 3.39. The Balaban J connectivity index is 1.63. The first-order chi connectivity index (χ1) is 16.3. The minimum absolute atomic E-state index is 0.0301. The molecule has 7 heteroatoms. The van der Waals surface area contributed by atoms with Crippen molar-refractivity contribution in [3.8, 4) is 0 Å². The number of nitrogens with one attached hydrogen (secondary N) is 1. The molecule has 1 N–H and O–H groups in total. The Hall–Kier alpha value is -2.83. The number of rotatable bonds is 5. The molecule has 2 heterocycles. The van der Waals surface area contributed by atoms with Gasteiger partial charge in [-0.1, -0.05) is 74.8 Å². The lowest BCUT2D eigenvalue weighted by Crippen LogP contribution is -2.47. The van der Waals surface area contributed by atoms with Gasteiger partial charge in [-0.05, 0) is 40.8 Å². The monoisotopic (exact) mass is 493 g/mol. The number of amides is 2. The molecule has 2 atom stereocenters. The summed E-state index contributed by atoms with van der Waals surface area (Å²) in [6.45, 7) is 6.81. The molecule has 176 valence electrons. The van der Waals surface area contributed by atoms with Crippen LogP contribution in [0.3, 0.4) is 0 Å². The van der Waals surface area contributed by atoms with Crippen LogP contribution in [-0.2, 0) is 16.8 Å². The summed E-state index contributed by atoms with van der Waals surface area (Å²) >= 11 is 7.96. The van der Waals surface area contributed by atoms with E-state index in [0.29, 0.717) is 22.9 Å². The number of nitrogens with zero attached hydrogens (tertiary/aromatic N) is 2. The quantitative estimate of drug-likeness (QED) is 0.502. The summed E-state index contributed by atoms with van der Waals surface area (Å²) in [6.07, 6.45) is 1.69. The number of halogens is 1. The second-order valence-corrected chi connectivity index (χ2v) is 10.8. The van der Waals surface area contributed by atoms with Crippen LogP contribution in [0.25, 0.3) is 0 Å². The molecule has 2 aromatic carbocycles. The highest BCUT2D eigenvalue weighted by Gasteiger charge is 2.43. The van der Waals surface area contributed by atoms with Gasteiger partial charge in [0, 0.05) is 11.9 Å². The van der Waals surface area contributed by atoms with Crippen LogP contribution < -0.4 is 5.32 Å². The molecule has 0 aliphatic carbocycles. The molecule has 4 rings (SSSR count). The molecule has 3 aromatic rings. The first-order valence-electron chi connectivity index (χ1n) is 11.2. The van der Waals surface area contributed by atoms with Crippen molar-refractivity contribution >= 4 is 35.2 Å². The van der Waals surface area contributed by atoms with Crippen LogP contribution in [0.5, 0.6) is 0 Å². The average Bonchev–Trinajstić information content (AvgIpc) is 3.28. The van der Waals surface area contributed by atoms with E-state index in [1.165, 1.54) is 5.56 Å². The van der Waals surface area contributed by atoms with Gasteiger partial charge < -0.3 is 10.2 Å². The predicted molar refractivity (Wildman–Crippen MR) is 138 cm³/mol. The molecule has 0 saturated carbocycles. The maximum Gasteiger partial charge on any atom is 0.257 e. The molecule has 1 aromatic heterocycles. The van der Waals surface area contributed by atoms with Gasteiger partial charge in [0.15, 0.2) is 0 Å². The van der Waals surface area contributed by atoms with Gasteiger partial charge in [-0.25, -0.2) is 0 Å². The smallest absolute Gasteiger partial charge is 0.257 e. The van der Waals surface area contributed by atoms with Crippen LogP contribution in [0.2, 0.25) is 5.02 Å². The molecule has 1 fully saturated rings. The average molecular weight is 494 g/mol. The molecular weight excluding hydrogens is 466 g/mol. The van der Waals surface area contributed by atoms with Crippen molar-refractivity contribution in [3.05, 3.63) is 100 Å². The van der Waals surface area contributed by atoms with E-state index in [0.717, 1.165) is 11.3 Å². The van der Waals surface area contributed by atoms with Gasteiger partial charge in [-0.3, -0.25) is 14.6 Å². The van der Waals surface area contributed by atoms with E-state index in [9.17, 15) is 9.59 Å². The van der Waals surface area contributed by atoms with E-state index in [1.807, 2.05) is 18.2 Å². The van der Waals surface area contributed by atoms with Gasteiger partial charge in [0.2, 0.25) is 5.91 Å². The maximum atomic E-state index is 13.7. The zero-order valence-electron chi connectivity index (χ0n) is 19.5. The summed E-state index contributed by atoms with van der Waals surface area (Å²) < 4.78 is 0. The highest BCUT2D eigenvalue weighted by atomic mass is 35.5. The molecule has 5 nitrogen and oxygen atoms in total. The van der Waals surface area contributed by atoms with Crippen molar-refractivity contribution in [2.75, 3.05) is 5.75 Å². The highest BCUT2D eigenvalue weighted by Crippen LogP contribution is 2.43. The zero-order chi connectivity index (χ0) is 24.3. The number of carbonyl (C=O) groups excluding carboxylic acids is 2. The summed E-state index contributed by atoms with van der Waals surface area (Å²) in [6, 6.07) is 20.2. The third-order valence-corrected chi connectivity index (χ3v) is 7.53. The molecule has 1 aliphatic heterocycles. The number of aromatic nitrogens is 1. The zero-order valence-corrected chi connectivity index (χ0v) is 21.1. The summed E-state index contributed by atoms with van der Waals surface area (Å²) in [5.74, 6) is 0.0431. The van der Waals surface area contributed by atoms with Gasteiger partial charge in [0.25, 0.3) is 5.91 Å². The van der Waals surface area contributed by atoms with E-state index < -0.39 is 6.04 Å². The topological polar surface area (TPSA) is 62.3 Å². The van der Waals surface area contributed by atoms with Crippen LogP contribution in [0.15, 0.2) is 72.9 Å². The fraction of sp³-hybridized carbons (Fsp3) is 0.296. The second kappa shape index (κ2) is 10.2. The van der Waals surface area contributed by atoms with Crippen molar-refractivity contribution < 1.29 is 9.59 Å². The number of thioether (sulfide) groups is 1. The molecule has 0 spiro atoms. The molecule has 2 amide bonds. The molecule has 1 saturated heterocycles. The van der Waals surface area contributed by atoms with Crippen LogP contribution in [-0.4, -0.2) is 33.5 Å². The predicted octanol–water partition coefficient (Wildman–Crippen LogP) is 5.61. The van der Waals surface area contributed by atoms with E-state index in [1.54, 1.807) is 47.1 Å². The van der Waals surface area contributed by atoms with Gasteiger partial charge in [0.1, 0.15) is 11.4 Å². The molecule has 0 bridgehead atoms. The minimum atomic E-state index is -0.621. The fourth-order valence-electron chi connectivity index (χ4n) is 3.93. The van der Waals surface area contributed by atoms with E-state index in [2.05, 4.69) is 55.3 Å². The van der Waals surface area contributed by atoms with Gasteiger partial charge >= 0.3 is 0 Å². The summed E-state index contributed by atoms with van der Waals surface area (Å²) in [5, 5.41) is 3.04. The third-order valence-electron chi connectivity index (χ3n) is 5.87. The Labute approximate surface area is 209 Å². The Kier molecular flexibility index (Phi) is 7.29. The number of hydrogen-bond donors (Lipinski definition) is 1. The number of benzene rings is 2. The van der Waals surface area contributed by atoms with Crippen molar-refractivity contribution in [1.82, 2.24) is 15.2 Å². The van der Waals surface area contributed by atoms with Crippen LogP contribution in [0, 0.1) is 0 Å². The lowest BCUT2D eigenvalue weighted by Gasteiger charge is -2.30. The third kappa shape index (κ3) is 5.29. The lowest BCUT2D eigenvalue weighted by molar-refractivity contribution is -0.125. The Morgan fingerprint density at radius 1 is 1.06 bits per heavy atom. The van der Waals surface area contributed by atoms with Gasteiger partial charge in [-0.15, -0.1) is 11.8 Å². The Bertz CT molecular complexity index is 1160. The minimum Gasteiger partial charge on any atom is -0.349 e. The van der Waals surface area contributed by atoms with Crippen molar-refractivity contribution in [1.29, 1.82) is 0 Å². The normalized spacial score (nSPS) is 18.1. The van der Waals surface area contributed by atoms with E-state index in [4.69, 9.17) is 11.6 Å². The van der Waals surface area contributed by atoms with E-state index in [-0.39, 0.29) is 22.6 Å². The van der Waals surface area contributed by atoms with E-state index >= 15 is 0 Å². The van der Waals surface area contributed by atoms with Gasteiger partial charge in [-0.2, -0.15) is 0 Å². The molecule has 2 unspecified atom stereocenters. The van der Waals surface area contributed by atoms with Crippen molar-refractivity contribution in [3.63, 3.8) is 0 Å². The lowest BCUT2D eigenvalue weighted by atomic mass is 9.86. The fourth-order valence-corrected chi connectivity index (χ4v) is 5.58. The standard InChI is InChI=1S/C27H28ClN3O2S/c1-27(2,3)19-13-11-18(12-14-19)26-31(25(33)21-9-4-5-10-22(21)28)23(17-34-26)24(32)30-16-20-8-6-7-15-29-20/h4-15,23,26H,16-17H2,1-3H3,(H,30,32).